The van der Waals surface area contributed by atoms with Gasteiger partial charge >= 0.3 is 0 Å². The number of nitrogens with one attached hydrogen (secondary N) is 1. The summed E-state index contributed by atoms with van der Waals surface area (Å²) in [6.45, 7) is 1.01. The number of carbonyl (C=O) groups excluding carboxylic acids is 1. The summed E-state index contributed by atoms with van der Waals surface area (Å²) in [7, 11) is 0. The van der Waals surface area contributed by atoms with Gasteiger partial charge in [-0.3, -0.25) is 4.79 Å². The molecule has 2 heteroatoms. The Morgan fingerprint density at radius 3 is 2.72 bits per heavy atom. The van der Waals surface area contributed by atoms with Gasteiger partial charge in [0.05, 0.1) is 6.04 Å². The Bertz CT molecular complexity index is 355. The molecule has 0 radical (unpaired) electrons. The Morgan fingerprint density at radius 1 is 1.17 bits per heavy atom. The van der Waals surface area contributed by atoms with Gasteiger partial charge in [-0.05, 0) is 44.2 Å². The second-order valence-corrected chi connectivity index (χ2v) is 5.16. The smallest absolute Gasteiger partial charge is 0.149 e. The zero-order chi connectivity index (χ0) is 12.6. The van der Waals surface area contributed by atoms with E-state index in [0.29, 0.717) is 5.78 Å². The van der Waals surface area contributed by atoms with E-state index in [-0.39, 0.29) is 6.04 Å². The number of unbranched alkanes of at least 4 members (excludes halogenated alkanes) is 1. The second-order valence-electron chi connectivity index (χ2n) is 5.16. The van der Waals surface area contributed by atoms with Gasteiger partial charge in [0.1, 0.15) is 5.78 Å². The fourth-order valence-corrected chi connectivity index (χ4v) is 2.57. The SMILES string of the molecule is O=C(CCCCc1ccccc1)[C@@H]1CCCCN1. The van der Waals surface area contributed by atoms with Crippen molar-refractivity contribution in [2.45, 2.75) is 51.0 Å². The van der Waals surface area contributed by atoms with Gasteiger partial charge in [-0.1, -0.05) is 36.8 Å². The standard InChI is InChI=1S/C16H23NO/c18-16(15-11-6-7-13-17-15)12-5-4-10-14-8-2-1-3-9-14/h1-3,8-9,15,17H,4-7,10-13H2/t15-/m0/s1. The third-order valence-corrected chi connectivity index (χ3v) is 3.68. The summed E-state index contributed by atoms with van der Waals surface area (Å²) in [5.74, 6) is 0.419. The van der Waals surface area contributed by atoms with E-state index < -0.39 is 0 Å². The number of Topliss-reactive ketones (excluding diaryl/α,β-unsaturated/α-hetero) is 1. The molecule has 1 fully saturated rings. The summed E-state index contributed by atoms with van der Waals surface area (Å²) in [5, 5.41) is 3.33. The van der Waals surface area contributed by atoms with Crippen molar-refractivity contribution in [2.75, 3.05) is 6.54 Å². The molecule has 1 aliphatic heterocycles. The van der Waals surface area contributed by atoms with Gasteiger partial charge in [0.2, 0.25) is 0 Å². The fraction of sp³-hybridized carbons (Fsp3) is 0.562. The second kappa shape index (κ2) is 7.32. The Balaban J connectivity index is 1.61. The first-order chi connectivity index (χ1) is 8.86. The van der Waals surface area contributed by atoms with Gasteiger partial charge in [0, 0.05) is 6.42 Å². The quantitative estimate of drug-likeness (QED) is 0.780. The molecule has 0 bridgehead atoms. The zero-order valence-corrected chi connectivity index (χ0v) is 11.0. The van der Waals surface area contributed by atoms with E-state index in [0.717, 1.165) is 38.6 Å². The summed E-state index contributed by atoms with van der Waals surface area (Å²) in [6, 6.07) is 10.7. The first-order valence-corrected chi connectivity index (χ1v) is 7.16. The maximum atomic E-state index is 11.9. The predicted octanol–water partition coefficient (Wildman–Crippen LogP) is 3.11. The van der Waals surface area contributed by atoms with Crippen LogP contribution in [0.25, 0.3) is 0 Å². The molecule has 2 nitrogen and oxygen atoms in total. The largest absolute Gasteiger partial charge is 0.307 e. The maximum Gasteiger partial charge on any atom is 0.149 e. The van der Waals surface area contributed by atoms with Crippen LogP contribution in [0.3, 0.4) is 0 Å². The lowest BCUT2D eigenvalue weighted by Gasteiger charge is -2.22. The van der Waals surface area contributed by atoms with Crippen LogP contribution in [0.5, 0.6) is 0 Å². The first kappa shape index (κ1) is 13.3. The number of benzene rings is 1. The summed E-state index contributed by atoms with van der Waals surface area (Å²) in [6.07, 6.45) is 7.42. The number of carbonyl (C=O) groups is 1. The Labute approximate surface area is 110 Å². The minimum absolute atomic E-state index is 0.149. The number of rotatable bonds is 6. The monoisotopic (exact) mass is 245 g/mol. The molecule has 1 atom stereocenters. The number of hydrogen-bond donors (Lipinski definition) is 1. The van der Waals surface area contributed by atoms with Crippen molar-refractivity contribution in [3.05, 3.63) is 35.9 Å². The first-order valence-electron chi connectivity index (χ1n) is 7.16. The van der Waals surface area contributed by atoms with Crippen LogP contribution in [0, 0.1) is 0 Å². The molecule has 2 rings (SSSR count). The molecule has 0 saturated carbocycles. The Morgan fingerprint density at radius 2 is 2.00 bits per heavy atom. The lowest BCUT2D eigenvalue weighted by Crippen LogP contribution is -2.40. The van der Waals surface area contributed by atoms with E-state index in [4.69, 9.17) is 0 Å². The van der Waals surface area contributed by atoms with Gasteiger partial charge in [0.15, 0.2) is 0 Å². The summed E-state index contributed by atoms with van der Waals surface area (Å²) in [5.41, 5.74) is 1.38. The lowest BCUT2D eigenvalue weighted by atomic mass is 9.97. The average molecular weight is 245 g/mol. The van der Waals surface area contributed by atoms with E-state index in [1.807, 2.05) is 6.07 Å². The molecule has 1 aromatic carbocycles. The van der Waals surface area contributed by atoms with Crippen molar-refractivity contribution < 1.29 is 4.79 Å². The highest BCUT2D eigenvalue weighted by Gasteiger charge is 2.19. The highest BCUT2D eigenvalue weighted by Crippen LogP contribution is 2.12. The third kappa shape index (κ3) is 4.26. The van der Waals surface area contributed by atoms with Crippen LogP contribution in [-0.2, 0) is 11.2 Å². The molecule has 1 aromatic rings. The van der Waals surface area contributed by atoms with Crippen molar-refractivity contribution in [1.82, 2.24) is 5.32 Å². The van der Waals surface area contributed by atoms with Crippen LogP contribution in [0.2, 0.25) is 0 Å². The number of ketones is 1. The van der Waals surface area contributed by atoms with E-state index in [1.165, 1.54) is 18.4 Å². The summed E-state index contributed by atoms with van der Waals surface area (Å²) < 4.78 is 0. The van der Waals surface area contributed by atoms with Gasteiger partial charge in [-0.15, -0.1) is 0 Å². The normalized spacial score (nSPS) is 19.7. The van der Waals surface area contributed by atoms with Crippen LogP contribution in [-0.4, -0.2) is 18.4 Å². The van der Waals surface area contributed by atoms with E-state index >= 15 is 0 Å². The Kier molecular flexibility index (Phi) is 5.40. The number of hydrogen-bond acceptors (Lipinski definition) is 2. The number of aryl methyl sites for hydroxylation is 1. The van der Waals surface area contributed by atoms with E-state index in [9.17, 15) is 4.79 Å². The fourth-order valence-electron chi connectivity index (χ4n) is 2.57. The molecule has 0 aliphatic carbocycles. The molecule has 98 valence electrons. The van der Waals surface area contributed by atoms with Crippen molar-refractivity contribution in [1.29, 1.82) is 0 Å². The molecule has 1 aliphatic rings. The summed E-state index contributed by atoms with van der Waals surface area (Å²) in [4.78, 5) is 11.9. The molecule has 1 heterocycles. The minimum Gasteiger partial charge on any atom is -0.307 e. The van der Waals surface area contributed by atoms with Crippen molar-refractivity contribution >= 4 is 5.78 Å². The lowest BCUT2D eigenvalue weighted by molar-refractivity contribution is -0.121. The molecular formula is C16H23NO. The van der Waals surface area contributed by atoms with Gasteiger partial charge in [-0.2, -0.15) is 0 Å². The van der Waals surface area contributed by atoms with E-state index in [2.05, 4.69) is 29.6 Å². The van der Waals surface area contributed by atoms with Gasteiger partial charge < -0.3 is 5.32 Å². The topological polar surface area (TPSA) is 29.1 Å². The highest BCUT2D eigenvalue weighted by molar-refractivity contribution is 5.84. The molecule has 0 spiro atoms. The van der Waals surface area contributed by atoms with Gasteiger partial charge in [-0.25, -0.2) is 0 Å². The molecule has 0 amide bonds. The van der Waals surface area contributed by atoms with Crippen LogP contribution >= 0.6 is 0 Å². The van der Waals surface area contributed by atoms with Gasteiger partial charge in [0.25, 0.3) is 0 Å². The van der Waals surface area contributed by atoms with Crippen LogP contribution in [0.4, 0.5) is 0 Å². The van der Waals surface area contributed by atoms with E-state index in [1.54, 1.807) is 0 Å². The number of piperidine rings is 1. The van der Waals surface area contributed by atoms with Crippen molar-refractivity contribution in [3.8, 4) is 0 Å². The van der Waals surface area contributed by atoms with Crippen LogP contribution in [0.1, 0.15) is 44.1 Å². The van der Waals surface area contributed by atoms with Crippen LogP contribution in [0.15, 0.2) is 30.3 Å². The maximum absolute atomic E-state index is 11.9. The van der Waals surface area contributed by atoms with Crippen molar-refractivity contribution in [2.24, 2.45) is 0 Å². The minimum atomic E-state index is 0.149. The molecular weight excluding hydrogens is 222 g/mol. The third-order valence-electron chi connectivity index (χ3n) is 3.68. The van der Waals surface area contributed by atoms with Crippen molar-refractivity contribution in [3.63, 3.8) is 0 Å². The zero-order valence-electron chi connectivity index (χ0n) is 11.0. The molecule has 0 unspecified atom stereocenters. The average Bonchev–Trinajstić information content (AvgIpc) is 2.45. The summed E-state index contributed by atoms with van der Waals surface area (Å²) >= 11 is 0. The Hall–Kier alpha value is -1.15. The molecule has 1 saturated heterocycles. The highest BCUT2D eigenvalue weighted by atomic mass is 16.1. The predicted molar refractivity (Wildman–Crippen MR) is 74.6 cm³/mol. The van der Waals surface area contributed by atoms with Crippen LogP contribution < -0.4 is 5.32 Å². The molecule has 18 heavy (non-hydrogen) atoms. The molecule has 0 aromatic heterocycles. The molecule has 1 N–H and O–H groups in total.